The SMILES string of the molecule is Cc1ccccc1C(C)CC(=O)Nc1cccc(CO)c1. The highest BCUT2D eigenvalue weighted by Gasteiger charge is 2.13. The van der Waals surface area contributed by atoms with E-state index < -0.39 is 0 Å². The minimum atomic E-state index is -0.0245. The molecule has 0 spiro atoms. The Balaban J connectivity index is 2.00. The molecule has 1 amide bonds. The lowest BCUT2D eigenvalue weighted by Gasteiger charge is -2.14. The second kappa shape index (κ2) is 7.04. The standard InChI is InChI=1S/C18H21NO2/c1-13-6-3-4-9-17(13)14(2)10-18(21)19-16-8-5-7-15(11-16)12-20/h3-9,11,14,20H,10,12H2,1-2H3,(H,19,21). The Hall–Kier alpha value is -2.13. The van der Waals surface area contributed by atoms with E-state index in [-0.39, 0.29) is 18.4 Å². The van der Waals surface area contributed by atoms with Crippen molar-refractivity contribution in [2.45, 2.75) is 32.8 Å². The van der Waals surface area contributed by atoms with E-state index in [9.17, 15) is 4.79 Å². The highest BCUT2D eigenvalue weighted by Crippen LogP contribution is 2.23. The first-order valence-electron chi connectivity index (χ1n) is 7.15. The van der Waals surface area contributed by atoms with Crippen molar-refractivity contribution in [2.75, 3.05) is 5.32 Å². The summed E-state index contributed by atoms with van der Waals surface area (Å²) < 4.78 is 0. The van der Waals surface area contributed by atoms with E-state index in [2.05, 4.69) is 31.3 Å². The summed E-state index contributed by atoms with van der Waals surface area (Å²) in [6.07, 6.45) is 0.439. The van der Waals surface area contributed by atoms with Gasteiger partial charge in [0.25, 0.3) is 0 Å². The number of aryl methyl sites for hydroxylation is 1. The fourth-order valence-corrected chi connectivity index (χ4v) is 2.49. The number of aliphatic hydroxyl groups is 1. The van der Waals surface area contributed by atoms with Crippen LogP contribution in [0, 0.1) is 6.92 Å². The van der Waals surface area contributed by atoms with Crippen LogP contribution < -0.4 is 5.32 Å². The van der Waals surface area contributed by atoms with Gasteiger partial charge in [-0.2, -0.15) is 0 Å². The van der Waals surface area contributed by atoms with E-state index in [1.165, 1.54) is 11.1 Å². The maximum atomic E-state index is 12.1. The highest BCUT2D eigenvalue weighted by atomic mass is 16.3. The van der Waals surface area contributed by atoms with Crippen molar-refractivity contribution in [1.82, 2.24) is 0 Å². The van der Waals surface area contributed by atoms with Gasteiger partial charge < -0.3 is 10.4 Å². The molecule has 0 aliphatic carbocycles. The lowest BCUT2D eigenvalue weighted by atomic mass is 9.93. The van der Waals surface area contributed by atoms with Gasteiger partial charge >= 0.3 is 0 Å². The molecule has 0 heterocycles. The topological polar surface area (TPSA) is 49.3 Å². The van der Waals surface area contributed by atoms with Crippen LogP contribution in [0.1, 0.15) is 36.0 Å². The molecule has 2 rings (SSSR count). The molecule has 0 saturated carbocycles. The van der Waals surface area contributed by atoms with Crippen LogP contribution in [-0.4, -0.2) is 11.0 Å². The number of aliphatic hydroxyl groups excluding tert-OH is 1. The number of hydrogen-bond donors (Lipinski definition) is 2. The van der Waals surface area contributed by atoms with E-state index in [1.54, 1.807) is 6.07 Å². The molecule has 2 N–H and O–H groups in total. The third kappa shape index (κ3) is 4.17. The number of amides is 1. The van der Waals surface area contributed by atoms with E-state index in [1.807, 2.05) is 30.3 Å². The minimum absolute atomic E-state index is 0.0131. The predicted molar refractivity (Wildman–Crippen MR) is 85.2 cm³/mol. The number of anilines is 1. The Labute approximate surface area is 125 Å². The molecule has 0 radical (unpaired) electrons. The molecule has 1 unspecified atom stereocenters. The second-order valence-electron chi connectivity index (χ2n) is 5.37. The molecular weight excluding hydrogens is 262 g/mol. The zero-order valence-electron chi connectivity index (χ0n) is 12.5. The van der Waals surface area contributed by atoms with Gasteiger partial charge in [-0.1, -0.05) is 43.3 Å². The van der Waals surface area contributed by atoms with Crippen molar-refractivity contribution in [1.29, 1.82) is 0 Å². The van der Waals surface area contributed by atoms with Crippen LogP contribution in [0.2, 0.25) is 0 Å². The highest BCUT2D eigenvalue weighted by molar-refractivity contribution is 5.91. The summed E-state index contributed by atoms with van der Waals surface area (Å²) in [6, 6.07) is 15.4. The summed E-state index contributed by atoms with van der Waals surface area (Å²) >= 11 is 0. The molecule has 2 aromatic rings. The Bertz CT molecular complexity index is 622. The van der Waals surface area contributed by atoms with Crippen molar-refractivity contribution in [3.8, 4) is 0 Å². The summed E-state index contributed by atoms with van der Waals surface area (Å²) in [6.45, 7) is 4.10. The van der Waals surface area contributed by atoms with Crippen LogP contribution in [0.25, 0.3) is 0 Å². The molecule has 3 nitrogen and oxygen atoms in total. The number of rotatable bonds is 5. The molecule has 0 aromatic heterocycles. The number of carbonyl (C=O) groups excluding carboxylic acids is 1. The number of nitrogens with one attached hydrogen (secondary N) is 1. The van der Waals surface area contributed by atoms with Gasteiger partial charge in [0.2, 0.25) is 5.91 Å². The van der Waals surface area contributed by atoms with Crippen molar-refractivity contribution in [3.63, 3.8) is 0 Å². The zero-order valence-corrected chi connectivity index (χ0v) is 12.5. The average molecular weight is 283 g/mol. The van der Waals surface area contributed by atoms with E-state index >= 15 is 0 Å². The quantitative estimate of drug-likeness (QED) is 0.880. The summed E-state index contributed by atoms with van der Waals surface area (Å²) in [5.41, 5.74) is 3.93. The number of carbonyl (C=O) groups is 1. The smallest absolute Gasteiger partial charge is 0.224 e. The van der Waals surface area contributed by atoms with Crippen LogP contribution >= 0.6 is 0 Å². The minimum Gasteiger partial charge on any atom is -0.392 e. The first-order valence-corrected chi connectivity index (χ1v) is 7.15. The molecule has 0 bridgehead atoms. The van der Waals surface area contributed by atoms with Crippen LogP contribution in [0.5, 0.6) is 0 Å². The summed E-state index contributed by atoms with van der Waals surface area (Å²) in [5.74, 6) is 0.160. The van der Waals surface area contributed by atoms with Gasteiger partial charge in [0.1, 0.15) is 0 Å². The molecule has 0 aliphatic rings. The van der Waals surface area contributed by atoms with E-state index in [0.717, 1.165) is 11.3 Å². The molecule has 3 heteroatoms. The summed E-state index contributed by atoms with van der Waals surface area (Å²) in [5, 5.41) is 12.0. The maximum absolute atomic E-state index is 12.1. The predicted octanol–water partition coefficient (Wildman–Crippen LogP) is 3.62. The van der Waals surface area contributed by atoms with Crippen molar-refractivity contribution >= 4 is 11.6 Å². The number of benzene rings is 2. The van der Waals surface area contributed by atoms with Crippen molar-refractivity contribution in [2.24, 2.45) is 0 Å². The Morgan fingerprint density at radius 1 is 1.19 bits per heavy atom. The first kappa shape index (κ1) is 15.3. The first-order chi connectivity index (χ1) is 10.1. The van der Waals surface area contributed by atoms with Gasteiger partial charge in [0, 0.05) is 12.1 Å². The Morgan fingerprint density at radius 3 is 2.67 bits per heavy atom. The maximum Gasteiger partial charge on any atom is 0.224 e. The lowest BCUT2D eigenvalue weighted by Crippen LogP contribution is -2.15. The monoisotopic (exact) mass is 283 g/mol. The normalized spacial score (nSPS) is 12.0. The van der Waals surface area contributed by atoms with Crippen LogP contribution in [0.3, 0.4) is 0 Å². The van der Waals surface area contributed by atoms with Crippen LogP contribution in [-0.2, 0) is 11.4 Å². The molecule has 0 fully saturated rings. The summed E-state index contributed by atoms with van der Waals surface area (Å²) in [4.78, 5) is 12.1. The molecule has 21 heavy (non-hydrogen) atoms. The van der Waals surface area contributed by atoms with E-state index in [0.29, 0.717) is 6.42 Å². The van der Waals surface area contributed by atoms with E-state index in [4.69, 9.17) is 5.11 Å². The largest absolute Gasteiger partial charge is 0.392 e. The third-order valence-corrected chi connectivity index (χ3v) is 3.60. The van der Waals surface area contributed by atoms with Crippen molar-refractivity contribution < 1.29 is 9.90 Å². The fraction of sp³-hybridized carbons (Fsp3) is 0.278. The average Bonchev–Trinajstić information content (AvgIpc) is 2.47. The lowest BCUT2D eigenvalue weighted by molar-refractivity contribution is -0.116. The van der Waals surface area contributed by atoms with Crippen molar-refractivity contribution in [3.05, 3.63) is 65.2 Å². The summed E-state index contributed by atoms with van der Waals surface area (Å²) in [7, 11) is 0. The second-order valence-corrected chi connectivity index (χ2v) is 5.37. The molecule has 0 aliphatic heterocycles. The Morgan fingerprint density at radius 2 is 1.95 bits per heavy atom. The van der Waals surface area contributed by atoms with Gasteiger partial charge in [-0.05, 0) is 41.7 Å². The molecule has 110 valence electrons. The van der Waals surface area contributed by atoms with Gasteiger partial charge in [0.05, 0.1) is 6.61 Å². The number of hydrogen-bond acceptors (Lipinski definition) is 2. The molecule has 1 atom stereocenters. The van der Waals surface area contributed by atoms with Crippen LogP contribution in [0.4, 0.5) is 5.69 Å². The van der Waals surface area contributed by atoms with Gasteiger partial charge in [-0.25, -0.2) is 0 Å². The molecular formula is C18H21NO2. The zero-order chi connectivity index (χ0) is 15.2. The van der Waals surface area contributed by atoms with Gasteiger partial charge in [0.15, 0.2) is 0 Å². The molecule has 2 aromatic carbocycles. The van der Waals surface area contributed by atoms with Gasteiger partial charge in [-0.3, -0.25) is 4.79 Å². The Kier molecular flexibility index (Phi) is 5.12. The molecule has 0 saturated heterocycles. The van der Waals surface area contributed by atoms with Gasteiger partial charge in [-0.15, -0.1) is 0 Å². The third-order valence-electron chi connectivity index (χ3n) is 3.60. The van der Waals surface area contributed by atoms with Crippen LogP contribution in [0.15, 0.2) is 48.5 Å². The fourth-order valence-electron chi connectivity index (χ4n) is 2.49.